The standard InChI is InChI=1S/C19H18BrNO3S/c20-15-10-18-17(23-7-8-24-18)9-14(15)11-25-12-19(22)21-6-5-13-3-1-2-4-16(13)21/h1-4,9-10H,5-8,11-12H2. The van der Waals surface area contributed by atoms with Gasteiger partial charge in [-0.2, -0.15) is 0 Å². The molecule has 4 nitrogen and oxygen atoms in total. The summed E-state index contributed by atoms with van der Waals surface area (Å²) in [6.07, 6.45) is 0.945. The first-order valence-electron chi connectivity index (χ1n) is 8.26. The maximum Gasteiger partial charge on any atom is 0.237 e. The van der Waals surface area contributed by atoms with Gasteiger partial charge in [0, 0.05) is 22.5 Å². The lowest BCUT2D eigenvalue weighted by molar-refractivity contribution is -0.116. The monoisotopic (exact) mass is 419 g/mol. The molecule has 0 radical (unpaired) electrons. The quantitative estimate of drug-likeness (QED) is 0.749. The Hall–Kier alpha value is -1.66. The second-order valence-electron chi connectivity index (χ2n) is 6.00. The SMILES string of the molecule is O=C(CSCc1cc2c(cc1Br)OCCO2)N1CCc2ccccc21. The number of hydrogen-bond acceptors (Lipinski definition) is 4. The van der Waals surface area contributed by atoms with E-state index in [0.29, 0.717) is 19.0 Å². The summed E-state index contributed by atoms with van der Waals surface area (Å²) in [5.74, 6) is 2.94. The normalized spacial score (nSPS) is 15.2. The van der Waals surface area contributed by atoms with Gasteiger partial charge in [0.2, 0.25) is 5.91 Å². The van der Waals surface area contributed by atoms with Crippen LogP contribution in [-0.2, 0) is 17.0 Å². The summed E-state index contributed by atoms with van der Waals surface area (Å²) in [4.78, 5) is 14.5. The first-order valence-corrected chi connectivity index (χ1v) is 10.2. The third-order valence-electron chi connectivity index (χ3n) is 4.38. The molecule has 1 amide bonds. The summed E-state index contributed by atoms with van der Waals surface area (Å²) in [6.45, 7) is 1.94. The predicted molar refractivity (Wildman–Crippen MR) is 104 cm³/mol. The van der Waals surface area contributed by atoms with Crippen LogP contribution in [0.2, 0.25) is 0 Å². The zero-order valence-corrected chi connectivity index (χ0v) is 16.1. The van der Waals surface area contributed by atoms with Crippen LogP contribution in [0.4, 0.5) is 5.69 Å². The fraction of sp³-hybridized carbons (Fsp3) is 0.316. The van der Waals surface area contributed by atoms with E-state index < -0.39 is 0 Å². The molecule has 2 aromatic carbocycles. The zero-order chi connectivity index (χ0) is 17.2. The molecule has 130 valence electrons. The van der Waals surface area contributed by atoms with Gasteiger partial charge < -0.3 is 14.4 Å². The first-order chi connectivity index (χ1) is 12.2. The van der Waals surface area contributed by atoms with E-state index in [2.05, 4.69) is 22.0 Å². The van der Waals surface area contributed by atoms with E-state index in [0.717, 1.165) is 45.9 Å². The number of benzene rings is 2. The molecule has 0 fully saturated rings. The number of hydrogen-bond donors (Lipinski definition) is 0. The number of carbonyl (C=O) groups is 1. The fourth-order valence-electron chi connectivity index (χ4n) is 3.14. The van der Waals surface area contributed by atoms with E-state index in [-0.39, 0.29) is 5.91 Å². The van der Waals surface area contributed by atoms with Crippen LogP contribution >= 0.6 is 27.7 Å². The molecule has 0 saturated heterocycles. The minimum atomic E-state index is 0.170. The number of para-hydroxylation sites is 1. The van der Waals surface area contributed by atoms with Crippen molar-refractivity contribution in [3.05, 3.63) is 52.0 Å². The van der Waals surface area contributed by atoms with Crippen LogP contribution in [0, 0.1) is 0 Å². The van der Waals surface area contributed by atoms with Crippen LogP contribution in [0.15, 0.2) is 40.9 Å². The Kier molecular flexibility index (Phi) is 4.90. The zero-order valence-electron chi connectivity index (χ0n) is 13.7. The summed E-state index contributed by atoms with van der Waals surface area (Å²) in [7, 11) is 0. The number of anilines is 1. The van der Waals surface area contributed by atoms with Crippen LogP contribution in [-0.4, -0.2) is 31.4 Å². The Morgan fingerprint density at radius 1 is 1.16 bits per heavy atom. The summed E-state index contributed by atoms with van der Waals surface area (Å²) in [6, 6.07) is 12.1. The minimum Gasteiger partial charge on any atom is -0.486 e. The molecule has 0 saturated carbocycles. The Balaban J connectivity index is 1.37. The second-order valence-corrected chi connectivity index (χ2v) is 7.84. The molecule has 0 atom stereocenters. The van der Waals surface area contributed by atoms with Crippen LogP contribution in [0.3, 0.4) is 0 Å². The van der Waals surface area contributed by atoms with E-state index in [1.165, 1.54) is 5.56 Å². The molecule has 0 unspecified atom stereocenters. The smallest absolute Gasteiger partial charge is 0.237 e. The van der Waals surface area contributed by atoms with Crippen LogP contribution in [0.25, 0.3) is 0 Å². The van der Waals surface area contributed by atoms with Gasteiger partial charge in [-0.25, -0.2) is 0 Å². The van der Waals surface area contributed by atoms with Crippen molar-refractivity contribution in [3.8, 4) is 11.5 Å². The number of rotatable bonds is 4. The van der Waals surface area contributed by atoms with Crippen LogP contribution in [0.5, 0.6) is 11.5 Å². The Morgan fingerprint density at radius 3 is 2.76 bits per heavy atom. The van der Waals surface area contributed by atoms with E-state index in [1.807, 2.05) is 35.2 Å². The topological polar surface area (TPSA) is 38.8 Å². The predicted octanol–water partition coefficient (Wildman–Crippen LogP) is 4.04. The van der Waals surface area contributed by atoms with Crippen molar-refractivity contribution in [2.45, 2.75) is 12.2 Å². The maximum atomic E-state index is 12.6. The summed E-state index contributed by atoms with van der Waals surface area (Å²) >= 11 is 5.21. The van der Waals surface area contributed by atoms with Crippen LogP contribution < -0.4 is 14.4 Å². The molecule has 0 aliphatic carbocycles. The van der Waals surface area contributed by atoms with E-state index in [1.54, 1.807) is 11.8 Å². The number of carbonyl (C=O) groups excluding carboxylic acids is 1. The molecule has 2 aromatic rings. The largest absolute Gasteiger partial charge is 0.486 e. The lowest BCUT2D eigenvalue weighted by Gasteiger charge is -2.20. The molecule has 0 bridgehead atoms. The Labute approximate surface area is 159 Å². The van der Waals surface area contributed by atoms with Crippen molar-refractivity contribution in [3.63, 3.8) is 0 Å². The molecule has 0 aromatic heterocycles. The Bertz CT molecular complexity index is 811. The average Bonchev–Trinajstić information content (AvgIpc) is 3.06. The maximum absolute atomic E-state index is 12.6. The molecule has 0 N–H and O–H groups in total. The van der Waals surface area contributed by atoms with Crippen molar-refractivity contribution in [2.75, 3.05) is 30.4 Å². The number of thioether (sulfide) groups is 1. The molecular weight excluding hydrogens is 402 g/mol. The highest BCUT2D eigenvalue weighted by Crippen LogP contribution is 2.37. The molecular formula is C19H18BrNO3S. The lowest BCUT2D eigenvalue weighted by atomic mass is 10.2. The van der Waals surface area contributed by atoms with E-state index in [4.69, 9.17) is 9.47 Å². The second kappa shape index (κ2) is 7.30. The van der Waals surface area contributed by atoms with Gasteiger partial charge >= 0.3 is 0 Å². The third kappa shape index (κ3) is 3.51. The molecule has 2 aliphatic rings. The number of ether oxygens (including phenoxy) is 2. The fourth-order valence-corrected chi connectivity index (χ4v) is 4.68. The molecule has 2 aliphatic heterocycles. The minimum absolute atomic E-state index is 0.170. The van der Waals surface area contributed by atoms with Gasteiger partial charge in [0.1, 0.15) is 13.2 Å². The van der Waals surface area contributed by atoms with Gasteiger partial charge in [0.05, 0.1) is 5.75 Å². The molecule has 0 spiro atoms. The first kappa shape index (κ1) is 16.8. The molecule has 25 heavy (non-hydrogen) atoms. The number of amides is 1. The van der Waals surface area contributed by atoms with Gasteiger partial charge in [-0.1, -0.05) is 34.1 Å². The average molecular weight is 420 g/mol. The van der Waals surface area contributed by atoms with Crippen molar-refractivity contribution in [1.82, 2.24) is 0 Å². The van der Waals surface area contributed by atoms with Gasteiger partial charge in [0.25, 0.3) is 0 Å². The van der Waals surface area contributed by atoms with E-state index >= 15 is 0 Å². The van der Waals surface area contributed by atoms with Gasteiger partial charge in [-0.3, -0.25) is 4.79 Å². The number of nitrogens with zero attached hydrogens (tertiary/aromatic N) is 1. The van der Waals surface area contributed by atoms with Crippen molar-refractivity contribution in [2.24, 2.45) is 0 Å². The third-order valence-corrected chi connectivity index (χ3v) is 6.09. The highest BCUT2D eigenvalue weighted by Gasteiger charge is 2.24. The van der Waals surface area contributed by atoms with Crippen molar-refractivity contribution < 1.29 is 14.3 Å². The van der Waals surface area contributed by atoms with E-state index in [9.17, 15) is 4.79 Å². The number of fused-ring (bicyclic) bond motifs is 2. The van der Waals surface area contributed by atoms with Gasteiger partial charge in [-0.05, 0) is 35.7 Å². The number of halogens is 1. The van der Waals surface area contributed by atoms with Crippen molar-refractivity contribution >= 4 is 39.3 Å². The lowest BCUT2D eigenvalue weighted by Crippen LogP contribution is -2.30. The van der Waals surface area contributed by atoms with Crippen LogP contribution in [0.1, 0.15) is 11.1 Å². The Morgan fingerprint density at radius 2 is 1.92 bits per heavy atom. The summed E-state index contributed by atoms with van der Waals surface area (Å²) < 4.78 is 12.2. The molecule has 6 heteroatoms. The molecule has 4 rings (SSSR count). The molecule has 2 heterocycles. The van der Waals surface area contributed by atoms with Crippen molar-refractivity contribution in [1.29, 1.82) is 0 Å². The summed E-state index contributed by atoms with van der Waals surface area (Å²) in [5.41, 5.74) is 3.44. The van der Waals surface area contributed by atoms with Gasteiger partial charge in [-0.15, -0.1) is 11.8 Å². The van der Waals surface area contributed by atoms with Gasteiger partial charge in [0.15, 0.2) is 11.5 Å². The summed E-state index contributed by atoms with van der Waals surface area (Å²) in [5, 5.41) is 0. The highest BCUT2D eigenvalue weighted by atomic mass is 79.9. The highest BCUT2D eigenvalue weighted by molar-refractivity contribution is 9.10.